The minimum absolute atomic E-state index is 0.259. The average Bonchev–Trinajstić information content (AvgIpc) is 3.35. The highest BCUT2D eigenvalue weighted by atomic mass is 16.7. The molecule has 1 aliphatic heterocycles. The zero-order valence-electron chi connectivity index (χ0n) is 44.8. The Labute approximate surface area is 423 Å². The van der Waals surface area contributed by atoms with Gasteiger partial charge >= 0.3 is 0 Å². The molecule has 1 saturated heterocycles. The number of hydrogen-bond donors (Lipinski definition) is 8. The zero-order valence-corrected chi connectivity index (χ0v) is 44.8. The summed E-state index contributed by atoms with van der Waals surface area (Å²) in [5, 5.41) is 76.0. The molecule has 410 valence electrons. The van der Waals surface area contributed by atoms with Gasteiger partial charge in [-0.05, 0) is 38.5 Å². The SMILES string of the molecule is CCCCCCCCCC/C=C/CCCC(O)C(O)C(COC1OC(CO)C(O)C(O)C1O)NC(=O)C(O)CCCCCCCCCCCCCCCCCCCCCCCCCCCCCCC. The van der Waals surface area contributed by atoms with E-state index in [4.69, 9.17) is 9.47 Å². The molecule has 11 heteroatoms. The van der Waals surface area contributed by atoms with E-state index in [0.29, 0.717) is 12.8 Å². The van der Waals surface area contributed by atoms with Crippen LogP contribution in [0, 0.1) is 0 Å². The second-order valence-electron chi connectivity index (χ2n) is 21.1. The molecule has 0 aromatic carbocycles. The van der Waals surface area contributed by atoms with Gasteiger partial charge in [-0.1, -0.05) is 257 Å². The van der Waals surface area contributed by atoms with Gasteiger partial charge < -0.3 is 50.5 Å². The van der Waals surface area contributed by atoms with Crippen molar-refractivity contribution in [1.82, 2.24) is 5.32 Å². The lowest BCUT2D eigenvalue weighted by molar-refractivity contribution is -0.303. The van der Waals surface area contributed by atoms with Crippen LogP contribution in [0.3, 0.4) is 0 Å². The summed E-state index contributed by atoms with van der Waals surface area (Å²) >= 11 is 0. The maximum Gasteiger partial charge on any atom is 0.249 e. The number of unbranched alkanes of at least 4 members (excludes halogenated alkanes) is 37. The van der Waals surface area contributed by atoms with Gasteiger partial charge in [0.05, 0.1) is 25.4 Å². The Hall–Kier alpha value is -1.15. The van der Waals surface area contributed by atoms with E-state index in [1.807, 2.05) is 0 Å². The fourth-order valence-electron chi connectivity index (χ4n) is 9.74. The zero-order chi connectivity index (χ0) is 50.4. The monoisotopic (exact) mass is 984 g/mol. The van der Waals surface area contributed by atoms with Gasteiger partial charge in [0.25, 0.3) is 0 Å². The van der Waals surface area contributed by atoms with Crippen molar-refractivity contribution in [2.45, 2.75) is 339 Å². The lowest BCUT2D eigenvalue weighted by atomic mass is 9.98. The van der Waals surface area contributed by atoms with Crippen molar-refractivity contribution in [3.05, 3.63) is 12.2 Å². The summed E-state index contributed by atoms with van der Waals surface area (Å²) < 4.78 is 11.1. The second-order valence-corrected chi connectivity index (χ2v) is 21.1. The number of hydrogen-bond acceptors (Lipinski definition) is 10. The van der Waals surface area contributed by atoms with Crippen molar-refractivity contribution in [3.8, 4) is 0 Å². The van der Waals surface area contributed by atoms with Gasteiger partial charge in [0.2, 0.25) is 5.91 Å². The maximum atomic E-state index is 13.2. The van der Waals surface area contributed by atoms with Gasteiger partial charge in [-0.2, -0.15) is 0 Å². The van der Waals surface area contributed by atoms with E-state index in [2.05, 4.69) is 31.3 Å². The van der Waals surface area contributed by atoms with Crippen LogP contribution in [0.15, 0.2) is 12.2 Å². The largest absolute Gasteiger partial charge is 0.394 e. The van der Waals surface area contributed by atoms with Gasteiger partial charge in [0, 0.05) is 0 Å². The molecule has 11 nitrogen and oxygen atoms in total. The molecule has 9 unspecified atom stereocenters. The number of carbonyl (C=O) groups is 1. The van der Waals surface area contributed by atoms with Crippen LogP contribution >= 0.6 is 0 Å². The summed E-state index contributed by atoms with van der Waals surface area (Å²) in [6.45, 7) is 3.46. The van der Waals surface area contributed by atoms with Crippen molar-refractivity contribution in [2.24, 2.45) is 0 Å². The van der Waals surface area contributed by atoms with Crippen LogP contribution in [-0.4, -0.2) is 110 Å². The first-order chi connectivity index (χ1) is 33.7. The molecule has 69 heavy (non-hydrogen) atoms. The van der Waals surface area contributed by atoms with E-state index in [1.165, 1.54) is 205 Å². The molecule has 0 saturated carbocycles. The van der Waals surface area contributed by atoms with E-state index in [0.717, 1.165) is 38.5 Å². The lowest BCUT2D eigenvalue weighted by Gasteiger charge is -2.40. The fraction of sp³-hybridized carbons (Fsp3) is 0.948. The summed E-state index contributed by atoms with van der Waals surface area (Å²) in [5.74, 6) is -0.701. The second kappa shape index (κ2) is 47.8. The summed E-state index contributed by atoms with van der Waals surface area (Å²) in [7, 11) is 0. The molecule has 1 aliphatic rings. The third kappa shape index (κ3) is 36.4. The molecule has 1 fully saturated rings. The number of rotatable bonds is 51. The van der Waals surface area contributed by atoms with Crippen molar-refractivity contribution in [1.29, 1.82) is 0 Å². The molecule has 0 spiro atoms. The first-order valence-electron chi connectivity index (χ1n) is 29.6. The standard InChI is InChI=1S/C58H113NO10/c1-3-5-7-9-11-13-15-17-18-19-20-21-22-23-24-25-26-27-28-29-30-31-32-34-36-38-40-42-44-46-51(62)57(67)59-49(48-68-58-56(66)55(65)54(64)52(47-60)69-58)53(63)50(61)45-43-41-39-37-35-33-16-14-12-10-8-6-4-2/h37,39,49-56,58,60-66H,3-36,38,40-48H2,1-2H3,(H,59,67)/b39-37+. The molecule has 0 aromatic rings. The minimum Gasteiger partial charge on any atom is -0.394 e. The van der Waals surface area contributed by atoms with Crippen LogP contribution in [0.2, 0.25) is 0 Å². The molecule has 1 heterocycles. The number of nitrogens with one attached hydrogen (secondary N) is 1. The summed E-state index contributed by atoms with van der Waals surface area (Å²) in [6.07, 6.45) is 44.4. The Morgan fingerprint density at radius 1 is 0.493 bits per heavy atom. The van der Waals surface area contributed by atoms with Crippen molar-refractivity contribution in [3.63, 3.8) is 0 Å². The van der Waals surface area contributed by atoms with Crippen LogP contribution in [0.25, 0.3) is 0 Å². The minimum atomic E-state index is -1.66. The molecule has 0 aliphatic carbocycles. The first-order valence-corrected chi connectivity index (χ1v) is 29.6. The molecule has 9 atom stereocenters. The third-order valence-corrected chi connectivity index (χ3v) is 14.6. The van der Waals surface area contributed by atoms with Crippen LogP contribution < -0.4 is 5.32 Å². The first kappa shape index (κ1) is 65.9. The highest BCUT2D eigenvalue weighted by Gasteiger charge is 2.44. The van der Waals surface area contributed by atoms with Crippen molar-refractivity contribution < 1.29 is 50.0 Å². The number of aliphatic hydroxyl groups excluding tert-OH is 7. The van der Waals surface area contributed by atoms with Crippen LogP contribution in [0.5, 0.6) is 0 Å². The fourth-order valence-corrected chi connectivity index (χ4v) is 9.74. The molecule has 0 bridgehead atoms. The van der Waals surface area contributed by atoms with Crippen LogP contribution in [0.4, 0.5) is 0 Å². The van der Waals surface area contributed by atoms with E-state index < -0.39 is 74.2 Å². The predicted octanol–water partition coefficient (Wildman–Crippen LogP) is 12.4. The van der Waals surface area contributed by atoms with E-state index in [-0.39, 0.29) is 12.8 Å². The summed E-state index contributed by atoms with van der Waals surface area (Å²) in [6, 6.07) is -1.18. The predicted molar refractivity (Wildman–Crippen MR) is 284 cm³/mol. The number of carbonyl (C=O) groups excluding carboxylic acids is 1. The molecule has 0 radical (unpaired) electrons. The topological polar surface area (TPSA) is 189 Å². The smallest absolute Gasteiger partial charge is 0.249 e. The van der Waals surface area contributed by atoms with Gasteiger partial charge in [0.1, 0.15) is 36.6 Å². The Kier molecular flexibility index (Phi) is 45.7. The highest BCUT2D eigenvalue weighted by Crippen LogP contribution is 2.23. The number of aliphatic hydroxyl groups is 7. The van der Waals surface area contributed by atoms with Crippen LogP contribution in [-0.2, 0) is 14.3 Å². The maximum absolute atomic E-state index is 13.2. The number of allylic oxidation sites excluding steroid dienone is 2. The molecular formula is C58H113NO10. The van der Waals surface area contributed by atoms with Crippen LogP contribution in [0.1, 0.15) is 284 Å². The number of amides is 1. The highest BCUT2D eigenvalue weighted by molar-refractivity contribution is 5.80. The normalized spacial score (nSPS) is 20.4. The van der Waals surface area contributed by atoms with Gasteiger partial charge in [-0.3, -0.25) is 4.79 Å². The van der Waals surface area contributed by atoms with E-state index in [9.17, 15) is 40.5 Å². The molecule has 0 aromatic heterocycles. The average molecular weight is 985 g/mol. The third-order valence-electron chi connectivity index (χ3n) is 14.6. The van der Waals surface area contributed by atoms with Crippen molar-refractivity contribution in [2.75, 3.05) is 13.2 Å². The Morgan fingerprint density at radius 2 is 0.855 bits per heavy atom. The number of ether oxygens (including phenoxy) is 2. The molecule has 1 rings (SSSR count). The lowest BCUT2D eigenvalue weighted by Crippen LogP contribution is -2.60. The van der Waals surface area contributed by atoms with Crippen molar-refractivity contribution >= 4 is 5.91 Å². The quantitative estimate of drug-likeness (QED) is 0.0215. The molecule has 8 N–H and O–H groups in total. The molecular weight excluding hydrogens is 871 g/mol. The summed E-state index contributed by atoms with van der Waals surface area (Å²) in [4.78, 5) is 13.2. The van der Waals surface area contributed by atoms with Gasteiger partial charge in [0.15, 0.2) is 6.29 Å². The Balaban J connectivity index is 2.22. The van der Waals surface area contributed by atoms with Gasteiger partial charge in [-0.25, -0.2) is 0 Å². The Bertz CT molecular complexity index is 1130. The van der Waals surface area contributed by atoms with E-state index >= 15 is 0 Å². The van der Waals surface area contributed by atoms with Gasteiger partial charge in [-0.15, -0.1) is 0 Å². The Morgan fingerprint density at radius 3 is 1.25 bits per heavy atom. The summed E-state index contributed by atoms with van der Waals surface area (Å²) in [5.41, 5.74) is 0. The van der Waals surface area contributed by atoms with E-state index in [1.54, 1.807) is 0 Å². The molecule has 1 amide bonds.